The zero-order valence-electron chi connectivity index (χ0n) is 22.2. The number of carbonyl (C=O) groups is 2. The SMILES string of the molecule is CC1=C(CC[C@H](C)CCC[C@@H](C)CCC[C@H](C)CCCC(C)C)C(=O)c2ccccc2C1=O. The molecule has 1 aromatic rings. The summed E-state index contributed by atoms with van der Waals surface area (Å²) < 4.78 is 0. The Morgan fingerprint density at radius 2 is 1.03 bits per heavy atom. The molecule has 0 bridgehead atoms. The molecule has 0 aliphatic heterocycles. The number of ketones is 2. The maximum atomic E-state index is 12.9. The molecule has 0 N–H and O–H groups in total. The Balaban J connectivity index is 1.64. The second-order valence-electron chi connectivity index (χ2n) is 11.3. The summed E-state index contributed by atoms with van der Waals surface area (Å²) in [6.45, 7) is 13.6. The van der Waals surface area contributed by atoms with E-state index in [1.54, 1.807) is 12.1 Å². The van der Waals surface area contributed by atoms with Crippen molar-refractivity contribution in [2.45, 2.75) is 112 Å². The minimum absolute atomic E-state index is 0.0240. The summed E-state index contributed by atoms with van der Waals surface area (Å²) in [7, 11) is 0. The average Bonchev–Trinajstić information content (AvgIpc) is 2.77. The van der Waals surface area contributed by atoms with Crippen molar-refractivity contribution in [3.8, 4) is 0 Å². The van der Waals surface area contributed by atoms with Gasteiger partial charge in [-0.15, -0.1) is 0 Å². The molecule has 2 nitrogen and oxygen atoms in total. The van der Waals surface area contributed by atoms with E-state index in [9.17, 15) is 9.59 Å². The molecule has 3 atom stereocenters. The number of hydrogen-bond acceptors (Lipinski definition) is 2. The Morgan fingerprint density at radius 3 is 1.52 bits per heavy atom. The predicted molar refractivity (Wildman–Crippen MR) is 141 cm³/mol. The van der Waals surface area contributed by atoms with E-state index in [0.29, 0.717) is 22.6 Å². The van der Waals surface area contributed by atoms with Gasteiger partial charge in [-0.05, 0) is 43.4 Å². The summed E-state index contributed by atoms with van der Waals surface area (Å²) in [5.74, 6) is 3.17. The molecule has 1 aliphatic carbocycles. The zero-order valence-corrected chi connectivity index (χ0v) is 22.2. The van der Waals surface area contributed by atoms with Crippen LogP contribution in [0.15, 0.2) is 35.4 Å². The van der Waals surface area contributed by atoms with Crippen molar-refractivity contribution in [2.75, 3.05) is 0 Å². The van der Waals surface area contributed by atoms with Crippen LogP contribution in [0.25, 0.3) is 0 Å². The summed E-state index contributed by atoms with van der Waals surface area (Å²) >= 11 is 0. The van der Waals surface area contributed by atoms with Gasteiger partial charge >= 0.3 is 0 Å². The van der Waals surface area contributed by atoms with Gasteiger partial charge in [-0.2, -0.15) is 0 Å². The molecular weight excluding hydrogens is 404 g/mol. The third kappa shape index (κ3) is 8.87. The standard InChI is InChI=1S/C31H48O2/c1-22(2)12-9-13-23(3)14-10-15-24(4)16-11-17-25(5)20-21-27-26(6)30(32)28-18-7-8-19-29(28)31(27)33/h7-8,18-19,22-25H,9-17,20-21H2,1-6H3/t23-,24+,25-/m1/s1. The van der Waals surface area contributed by atoms with E-state index in [1.807, 2.05) is 19.1 Å². The smallest absolute Gasteiger partial charge is 0.190 e. The van der Waals surface area contributed by atoms with E-state index in [4.69, 9.17) is 0 Å². The van der Waals surface area contributed by atoms with Crippen molar-refractivity contribution in [3.63, 3.8) is 0 Å². The normalized spacial score (nSPS) is 16.8. The molecule has 0 unspecified atom stereocenters. The van der Waals surface area contributed by atoms with Gasteiger partial charge in [0.15, 0.2) is 11.6 Å². The number of allylic oxidation sites excluding steroid dienone is 2. The Labute approximate surface area is 203 Å². The van der Waals surface area contributed by atoms with Gasteiger partial charge in [-0.25, -0.2) is 0 Å². The summed E-state index contributed by atoms with van der Waals surface area (Å²) in [5, 5.41) is 0. The second-order valence-corrected chi connectivity index (χ2v) is 11.3. The van der Waals surface area contributed by atoms with Crippen LogP contribution in [0.2, 0.25) is 0 Å². The first-order chi connectivity index (χ1) is 15.7. The summed E-state index contributed by atoms with van der Waals surface area (Å²) in [4.78, 5) is 25.6. The highest BCUT2D eigenvalue weighted by Crippen LogP contribution is 2.30. The molecule has 1 aromatic carbocycles. The molecule has 0 amide bonds. The number of fused-ring (bicyclic) bond motifs is 1. The molecule has 1 aliphatic rings. The molecule has 2 heteroatoms. The van der Waals surface area contributed by atoms with Gasteiger partial charge in [-0.3, -0.25) is 9.59 Å². The van der Waals surface area contributed by atoms with E-state index in [2.05, 4.69) is 34.6 Å². The average molecular weight is 453 g/mol. The van der Waals surface area contributed by atoms with Gasteiger partial charge in [0, 0.05) is 22.3 Å². The van der Waals surface area contributed by atoms with Crippen LogP contribution in [0.1, 0.15) is 133 Å². The van der Waals surface area contributed by atoms with Crippen molar-refractivity contribution in [3.05, 3.63) is 46.5 Å². The van der Waals surface area contributed by atoms with Gasteiger partial charge in [0.1, 0.15) is 0 Å². The highest BCUT2D eigenvalue weighted by Gasteiger charge is 2.29. The lowest BCUT2D eigenvalue weighted by atomic mass is 9.81. The predicted octanol–water partition coefficient (Wildman–Crippen LogP) is 9.24. The van der Waals surface area contributed by atoms with Crippen molar-refractivity contribution in [1.82, 2.24) is 0 Å². The van der Waals surface area contributed by atoms with Crippen LogP contribution in [0, 0.1) is 23.7 Å². The summed E-state index contributed by atoms with van der Waals surface area (Å²) in [6, 6.07) is 7.24. The van der Waals surface area contributed by atoms with E-state index in [-0.39, 0.29) is 11.6 Å². The van der Waals surface area contributed by atoms with Gasteiger partial charge < -0.3 is 0 Å². The Bertz CT molecular complexity index is 801. The van der Waals surface area contributed by atoms with Gasteiger partial charge in [0.25, 0.3) is 0 Å². The molecule has 0 heterocycles. The molecular formula is C31H48O2. The topological polar surface area (TPSA) is 34.1 Å². The summed E-state index contributed by atoms with van der Waals surface area (Å²) in [6.07, 6.45) is 13.7. The van der Waals surface area contributed by atoms with Crippen LogP contribution in [0.3, 0.4) is 0 Å². The zero-order chi connectivity index (χ0) is 24.4. The minimum atomic E-state index is 0.0240. The van der Waals surface area contributed by atoms with Crippen molar-refractivity contribution >= 4 is 11.6 Å². The number of Topliss-reactive ketones (excluding diaryl/α,β-unsaturated/α-hetero) is 2. The van der Waals surface area contributed by atoms with Crippen LogP contribution in [0.5, 0.6) is 0 Å². The molecule has 0 fully saturated rings. The molecule has 2 rings (SSSR count). The van der Waals surface area contributed by atoms with Crippen LogP contribution in [-0.2, 0) is 0 Å². The molecule has 0 saturated heterocycles. The lowest BCUT2D eigenvalue weighted by Gasteiger charge is -2.20. The van der Waals surface area contributed by atoms with Crippen LogP contribution in [0.4, 0.5) is 0 Å². The molecule has 33 heavy (non-hydrogen) atoms. The van der Waals surface area contributed by atoms with E-state index in [1.165, 1.54) is 57.8 Å². The molecule has 184 valence electrons. The first-order valence-electron chi connectivity index (χ1n) is 13.6. The van der Waals surface area contributed by atoms with Crippen LogP contribution >= 0.6 is 0 Å². The number of rotatable bonds is 15. The van der Waals surface area contributed by atoms with Gasteiger partial charge in [0.2, 0.25) is 0 Å². The first kappa shape index (κ1) is 27.5. The lowest BCUT2D eigenvalue weighted by molar-refractivity contribution is 0.0971. The van der Waals surface area contributed by atoms with Crippen LogP contribution in [-0.4, -0.2) is 11.6 Å². The highest BCUT2D eigenvalue weighted by molar-refractivity contribution is 6.26. The highest BCUT2D eigenvalue weighted by atomic mass is 16.1. The van der Waals surface area contributed by atoms with Crippen molar-refractivity contribution in [2.24, 2.45) is 23.7 Å². The number of hydrogen-bond donors (Lipinski definition) is 0. The number of benzene rings is 1. The largest absolute Gasteiger partial charge is 0.289 e. The fourth-order valence-corrected chi connectivity index (χ4v) is 5.18. The quantitative estimate of drug-likeness (QED) is 0.266. The summed E-state index contributed by atoms with van der Waals surface area (Å²) in [5.41, 5.74) is 2.54. The fourth-order valence-electron chi connectivity index (χ4n) is 5.18. The maximum absolute atomic E-state index is 12.9. The van der Waals surface area contributed by atoms with E-state index < -0.39 is 0 Å². The Kier molecular flexibility index (Phi) is 11.6. The minimum Gasteiger partial charge on any atom is -0.289 e. The molecule has 0 radical (unpaired) electrons. The molecule has 0 spiro atoms. The maximum Gasteiger partial charge on any atom is 0.190 e. The van der Waals surface area contributed by atoms with E-state index >= 15 is 0 Å². The van der Waals surface area contributed by atoms with Crippen molar-refractivity contribution < 1.29 is 9.59 Å². The lowest BCUT2D eigenvalue weighted by Crippen LogP contribution is -2.21. The Morgan fingerprint density at radius 1 is 0.606 bits per heavy atom. The van der Waals surface area contributed by atoms with E-state index in [0.717, 1.165) is 36.2 Å². The van der Waals surface area contributed by atoms with Crippen molar-refractivity contribution in [1.29, 1.82) is 0 Å². The first-order valence-corrected chi connectivity index (χ1v) is 13.6. The fraction of sp³-hybridized carbons (Fsp3) is 0.677. The van der Waals surface area contributed by atoms with Gasteiger partial charge in [-0.1, -0.05) is 117 Å². The third-order valence-electron chi connectivity index (χ3n) is 7.64. The molecule has 0 aromatic heterocycles. The second kappa shape index (κ2) is 13.9. The monoisotopic (exact) mass is 452 g/mol. The molecule has 0 saturated carbocycles. The van der Waals surface area contributed by atoms with Gasteiger partial charge in [0.05, 0.1) is 0 Å². The van der Waals surface area contributed by atoms with Crippen LogP contribution < -0.4 is 0 Å². The Hall–Kier alpha value is -1.70. The number of carbonyl (C=O) groups excluding carboxylic acids is 2. The third-order valence-corrected chi connectivity index (χ3v) is 7.64.